The molecule has 0 fully saturated rings. The molecule has 0 saturated heterocycles. The molecule has 1 unspecified atom stereocenters. The second-order valence-corrected chi connectivity index (χ2v) is 11.5. The van der Waals surface area contributed by atoms with Gasteiger partial charge in [-0.1, -0.05) is 141 Å². The summed E-state index contributed by atoms with van der Waals surface area (Å²) in [7, 11) is 0. The fraction of sp³-hybridized carbons (Fsp3) is 0.171. The van der Waals surface area contributed by atoms with Crippen molar-refractivity contribution in [1.29, 1.82) is 0 Å². The zero-order valence-corrected chi connectivity index (χ0v) is 23.8. The molecule has 200 valence electrons. The topological polar surface area (TPSA) is 0 Å². The highest BCUT2D eigenvalue weighted by Gasteiger charge is 2.24. The first-order chi connectivity index (χ1) is 20.3. The van der Waals surface area contributed by atoms with Crippen LogP contribution in [0.15, 0.2) is 140 Å². The average Bonchev–Trinajstić information content (AvgIpc) is 3.20. The number of benzene rings is 6. The predicted octanol–water partition coefficient (Wildman–Crippen LogP) is 11.2. The van der Waals surface area contributed by atoms with Crippen LogP contribution < -0.4 is 0 Å². The zero-order valence-electron chi connectivity index (χ0n) is 23.8. The second kappa shape index (κ2) is 11.2. The molecule has 6 aromatic carbocycles. The van der Waals surface area contributed by atoms with E-state index < -0.39 is 0 Å². The molecule has 0 saturated carbocycles. The van der Waals surface area contributed by atoms with Gasteiger partial charge in [0.05, 0.1) is 0 Å². The van der Waals surface area contributed by atoms with E-state index in [9.17, 15) is 0 Å². The summed E-state index contributed by atoms with van der Waals surface area (Å²) in [5, 5.41) is 2.64. The summed E-state index contributed by atoms with van der Waals surface area (Å²) in [5.41, 5.74) is 12.5. The van der Waals surface area contributed by atoms with Gasteiger partial charge in [0.1, 0.15) is 0 Å². The van der Waals surface area contributed by atoms with Crippen molar-refractivity contribution in [2.24, 2.45) is 0 Å². The monoisotopic (exact) mass is 528 g/mol. The minimum absolute atomic E-state index is 0.388. The summed E-state index contributed by atoms with van der Waals surface area (Å²) >= 11 is 0. The van der Waals surface area contributed by atoms with Gasteiger partial charge in [-0.3, -0.25) is 0 Å². The molecule has 0 amide bonds. The predicted molar refractivity (Wildman–Crippen MR) is 175 cm³/mol. The van der Waals surface area contributed by atoms with Crippen LogP contribution >= 0.6 is 0 Å². The Balaban J connectivity index is 1.33. The highest BCUT2D eigenvalue weighted by atomic mass is 14.3. The lowest BCUT2D eigenvalue weighted by Crippen LogP contribution is -2.02. The summed E-state index contributed by atoms with van der Waals surface area (Å²) in [6.07, 6.45) is 4.53. The molecule has 7 rings (SSSR count). The van der Waals surface area contributed by atoms with Crippen molar-refractivity contribution in [3.05, 3.63) is 167 Å². The Bertz CT molecular complexity index is 1780. The highest BCUT2D eigenvalue weighted by Crippen LogP contribution is 2.44. The summed E-state index contributed by atoms with van der Waals surface area (Å²) in [6.45, 7) is 2.28. The van der Waals surface area contributed by atoms with Crippen molar-refractivity contribution < 1.29 is 0 Å². The Morgan fingerprint density at radius 2 is 1.22 bits per heavy atom. The third-order valence-electron chi connectivity index (χ3n) is 9.02. The zero-order chi connectivity index (χ0) is 27.6. The van der Waals surface area contributed by atoms with Crippen LogP contribution in [0, 0.1) is 0 Å². The van der Waals surface area contributed by atoms with Gasteiger partial charge in [-0.25, -0.2) is 0 Å². The van der Waals surface area contributed by atoms with Crippen LogP contribution in [0.5, 0.6) is 0 Å². The van der Waals surface area contributed by atoms with Crippen LogP contribution in [-0.4, -0.2) is 0 Å². The molecule has 1 aliphatic rings. The maximum absolute atomic E-state index is 2.46. The van der Waals surface area contributed by atoms with Crippen molar-refractivity contribution in [3.8, 4) is 22.3 Å². The quantitative estimate of drug-likeness (QED) is 0.202. The van der Waals surface area contributed by atoms with Gasteiger partial charge >= 0.3 is 0 Å². The molecule has 0 aliphatic heterocycles. The number of hydrogen-bond acceptors (Lipinski definition) is 0. The van der Waals surface area contributed by atoms with E-state index in [1.807, 2.05) is 0 Å². The Morgan fingerprint density at radius 3 is 1.95 bits per heavy atom. The second-order valence-electron chi connectivity index (χ2n) is 11.5. The van der Waals surface area contributed by atoms with Gasteiger partial charge in [0, 0.05) is 11.8 Å². The fourth-order valence-electron chi connectivity index (χ4n) is 6.91. The molecular formula is C41H36. The van der Waals surface area contributed by atoms with Gasteiger partial charge in [-0.05, 0) is 92.2 Å². The molecule has 0 heterocycles. The van der Waals surface area contributed by atoms with Crippen LogP contribution in [0.1, 0.15) is 65.8 Å². The SMILES string of the molecule is CCCC(c1ccccc1)c1ccc(-c2ccc3c(c2)-c2cc4ccccc4cc2CC[C@H]3c2ccccc2)cc1. The van der Waals surface area contributed by atoms with Crippen LogP contribution in [0.4, 0.5) is 0 Å². The van der Waals surface area contributed by atoms with E-state index in [0.717, 1.165) is 19.3 Å². The molecule has 0 N–H and O–H groups in total. The Hall–Kier alpha value is -4.42. The van der Waals surface area contributed by atoms with Gasteiger partial charge in [0.2, 0.25) is 0 Å². The molecule has 6 aromatic rings. The van der Waals surface area contributed by atoms with Gasteiger partial charge in [-0.2, -0.15) is 0 Å². The molecule has 41 heavy (non-hydrogen) atoms. The van der Waals surface area contributed by atoms with E-state index >= 15 is 0 Å². The third kappa shape index (κ3) is 5.00. The van der Waals surface area contributed by atoms with E-state index in [4.69, 9.17) is 0 Å². The molecule has 0 bridgehead atoms. The number of rotatable bonds is 6. The van der Waals surface area contributed by atoms with Crippen molar-refractivity contribution in [2.45, 2.75) is 44.4 Å². The van der Waals surface area contributed by atoms with Crippen molar-refractivity contribution in [1.82, 2.24) is 0 Å². The minimum Gasteiger partial charge on any atom is -0.0653 e. The molecule has 0 heteroatoms. The summed E-state index contributed by atoms with van der Waals surface area (Å²) in [5.74, 6) is 0.827. The first-order valence-electron chi connectivity index (χ1n) is 15.1. The average molecular weight is 529 g/mol. The van der Waals surface area contributed by atoms with Crippen LogP contribution in [0.2, 0.25) is 0 Å². The standard InChI is InChI=1S/C41H36/c1-2-11-37(30-12-5-3-6-13-30)32-20-18-29(19-21-32)35-22-25-39-38(31-14-7-4-8-15-31)24-23-36-26-33-16-9-10-17-34(33)27-40(36)41(39)28-35/h3-10,12-22,25-28,37-38H,2,11,23-24H2,1H3/t37?,38-/m0/s1. The Kier molecular flexibility index (Phi) is 6.99. The molecule has 0 spiro atoms. The molecular weight excluding hydrogens is 492 g/mol. The lowest BCUT2D eigenvalue weighted by atomic mass is 9.84. The highest BCUT2D eigenvalue weighted by molar-refractivity contribution is 5.91. The largest absolute Gasteiger partial charge is 0.0653 e. The summed E-state index contributed by atoms with van der Waals surface area (Å²) in [4.78, 5) is 0. The van der Waals surface area contributed by atoms with Crippen LogP contribution in [0.25, 0.3) is 33.0 Å². The first kappa shape index (κ1) is 25.5. The lowest BCUT2D eigenvalue weighted by Gasteiger charge is -2.20. The molecule has 2 atom stereocenters. The fourth-order valence-corrected chi connectivity index (χ4v) is 6.91. The minimum atomic E-state index is 0.388. The number of aryl methyl sites for hydroxylation is 1. The first-order valence-corrected chi connectivity index (χ1v) is 15.1. The molecule has 1 aliphatic carbocycles. The van der Waals surface area contributed by atoms with E-state index in [2.05, 4.69) is 146 Å². The summed E-state index contributed by atoms with van der Waals surface area (Å²) < 4.78 is 0. The van der Waals surface area contributed by atoms with Gasteiger partial charge in [0.25, 0.3) is 0 Å². The van der Waals surface area contributed by atoms with Crippen molar-refractivity contribution >= 4 is 10.8 Å². The Labute approximate surface area is 244 Å². The smallest absolute Gasteiger partial charge is 0.00986 e. The van der Waals surface area contributed by atoms with Crippen LogP contribution in [-0.2, 0) is 6.42 Å². The molecule has 0 aromatic heterocycles. The molecule has 0 nitrogen and oxygen atoms in total. The van der Waals surface area contributed by atoms with Crippen molar-refractivity contribution in [2.75, 3.05) is 0 Å². The van der Waals surface area contributed by atoms with E-state index in [0.29, 0.717) is 11.8 Å². The normalized spacial score (nSPS) is 15.1. The maximum atomic E-state index is 2.46. The van der Waals surface area contributed by atoms with E-state index in [-0.39, 0.29) is 0 Å². The van der Waals surface area contributed by atoms with Gasteiger partial charge < -0.3 is 0 Å². The number of fused-ring (bicyclic) bond motifs is 4. The number of hydrogen-bond donors (Lipinski definition) is 0. The summed E-state index contributed by atoms with van der Waals surface area (Å²) in [6, 6.07) is 52.3. The van der Waals surface area contributed by atoms with E-state index in [1.165, 1.54) is 67.3 Å². The van der Waals surface area contributed by atoms with Gasteiger partial charge in [-0.15, -0.1) is 0 Å². The third-order valence-corrected chi connectivity index (χ3v) is 9.02. The molecule has 0 radical (unpaired) electrons. The van der Waals surface area contributed by atoms with Crippen molar-refractivity contribution in [3.63, 3.8) is 0 Å². The lowest BCUT2D eigenvalue weighted by molar-refractivity contribution is 0.698. The maximum Gasteiger partial charge on any atom is 0.00986 e. The van der Waals surface area contributed by atoms with Crippen LogP contribution in [0.3, 0.4) is 0 Å². The van der Waals surface area contributed by atoms with Gasteiger partial charge in [0.15, 0.2) is 0 Å². The Morgan fingerprint density at radius 1 is 0.585 bits per heavy atom. The van der Waals surface area contributed by atoms with E-state index in [1.54, 1.807) is 0 Å².